The lowest BCUT2D eigenvalue weighted by Crippen LogP contribution is -2.27. The first-order chi connectivity index (χ1) is 14.0. The zero-order chi connectivity index (χ0) is 20.4. The third-order valence-corrected chi connectivity index (χ3v) is 7.78. The van der Waals surface area contributed by atoms with Gasteiger partial charge >= 0.3 is 11.9 Å². The van der Waals surface area contributed by atoms with Crippen molar-refractivity contribution in [2.75, 3.05) is 0 Å². The molecule has 2 aliphatic carbocycles. The second kappa shape index (κ2) is 9.60. The molecule has 2 saturated carbocycles. The molecule has 2 aliphatic heterocycles. The minimum atomic E-state index is -0.897. The summed E-state index contributed by atoms with van der Waals surface area (Å²) in [6.07, 6.45) is 8.62. The van der Waals surface area contributed by atoms with Crippen molar-refractivity contribution in [3.8, 4) is 0 Å². The van der Waals surface area contributed by atoms with E-state index in [4.69, 9.17) is 42.1 Å². The smallest absolute Gasteiger partial charge is 0.353 e. The number of carbonyl (C=O) groups excluding carboxylic acids is 2. The van der Waals surface area contributed by atoms with Crippen molar-refractivity contribution in [1.82, 2.24) is 0 Å². The lowest BCUT2D eigenvalue weighted by Gasteiger charge is -2.27. The molecular formula is C20H24Cl2O6S. The number of hydrogen-bond acceptors (Lipinski definition) is 7. The highest BCUT2D eigenvalue weighted by Crippen LogP contribution is 2.46. The van der Waals surface area contributed by atoms with E-state index < -0.39 is 24.5 Å². The van der Waals surface area contributed by atoms with E-state index in [2.05, 4.69) is 0 Å². The molecule has 4 aliphatic rings. The minimum Gasteiger partial charge on any atom is -0.426 e. The van der Waals surface area contributed by atoms with E-state index in [0.717, 1.165) is 63.1 Å². The van der Waals surface area contributed by atoms with Crippen LogP contribution in [0.4, 0.5) is 0 Å². The maximum atomic E-state index is 12.1. The fourth-order valence-electron chi connectivity index (χ4n) is 4.05. The van der Waals surface area contributed by atoms with Crippen LogP contribution < -0.4 is 0 Å². The maximum absolute atomic E-state index is 12.1. The van der Waals surface area contributed by atoms with Gasteiger partial charge in [-0.05, 0) is 25.7 Å². The number of esters is 2. The molecule has 2 unspecified atom stereocenters. The van der Waals surface area contributed by atoms with Crippen LogP contribution in [0.25, 0.3) is 0 Å². The largest absolute Gasteiger partial charge is 0.426 e. The molecule has 0 aromatic carbocycles. The molecule has 9 heteroatoms. The predicted octanol–water partition coefficient (Wildman–Crippen LogP) is 5.08. The van der Waals surface area contributed by atoms with E-state index in [1.807, 2.05) is 0 Å². The average Bonchev–Trinajstić information content (AvgIpc) is 3.14. The Morgan fingerprint density at radius 1 is 0.690 bits per heavy atom. The van der Waals surface area contributed by atoms with Crippen molar-refractivity contribution < 1.29 is 28.5 Å². The summed E-state index contributed by atoms with van der Waals surface area (Å²) >= 11 is 13.5. The Hall–Kier alpha value is -0.730. The normalized spacial score (nSPS) is 29.6. The zero-order valence-electron chi connectivity index (χ0n) is 16.0. The van der Waals surface area contributed by atoms with Crippen LogP contribution in [-0.2, 0) is 28.5 Å². The minimum absolute atomic E-state index is 0.0138. The molecule has 4 rings (SSSR count). The lowest BCUT2D eigenvalue weighted by atomic mass is 9.98. The Bertz CT molecular complexity index is 664. The monoisotopic (exact) mass is 462 g/mol. The number of thioether (sulfide) groups is 1. The first kappa shape index (κ1) is 21.5. The molecule has 29 heavy (non-hydrogen) atoms. The summed E-state index contributed by atoms with van der Waals surface area (Å²) in [5.74, 6) is -1.27. The summed E-state index contributed by atoms with van der Waals surface area (Å²) in [5, 5.41) is -0.105. The molecule has 0 radical (unpaired) electrons. The lowest BCUT2D eigenvalue weighted by molar-refractivity contribution is -0.169. The molecule has 0 aromatic heterocycles. The topological polar surface area (TPSA) is 71.1 Å². The van der Waals surface area contributed by atoms with Crippen LogP contribution >= 0.6 is 35.0 Å². The van der Waals surface area contributed by atoms with Crippen LogP contribution in [0.1, 0.15) is 64.2 Å². The van der Waals surface area contributed by atoms with Crippen molar-refractivity contribution in [3.05, 3.63) is 19.9 Å². The third-order valence-electron chi connectivity index (χ3n) is 5.60. The summed E-state index contributed by atoms with van der Waals surface area (Å²) in [7, 11) is 0. The van der Waals surface area contributed by atoms with Gasteiger partial charge in [-0.3, -0.25) is 0 Å². The van der Waals surface area contributed by atoms with Gasteiger partial charge < -0.3 is 18.9 Å². The Balaban J connectivity index is 1.48. The van der Waals surface area contributed by atoms with Crippen molar-refractivity contribution in [2.45, 2.75) is 89.0 Å². The molecule has 0 amide bonds. The predicted molar refractivity (Wildman–Crippen MR) is 109 cm³/mol. The fraction of sp³-hybridized carbons (Fsp3) is 0.700. The van der Waals surface area contributed by atoms with E-state index in [1.165, 1.54) is 12.8 Å². The number of halogens is 2. The van der Waals surface area contributed by atoms with E-state index >= 15 is 0 Å². The van der Waals surface area contributed by atoms with Gasteiger partial charge in [0.1, 0.15) is 10.1 Å². The SMILES string of the molecule is O=C1OC(OC2CCCCC2)C(SC2=C(Cl)C(=O)OC2OC2CCCCC2)=C1Cl. The van der Waals surface area contributed by atoms with E-state index in [0.29, 0.717) is 9.81 Å². The van der Waals surface area contributed by atoms with E-state index in [1.54, 1.807) is 0 Å². The molecular weight excluding hydrogens is 439 g/mol. The molecule has 0 bridgehead atoms. The summed E-state index contributed by atoms with van der Waals surface area (Å²) < 4.78 is 22.7. The van der Waals surface area contributed by atoms with E-state index in [-0.39, 0.29) is 22.3 Å². The van der Waals surface area contributed by atoms with Crippen LogP contribution in [0.2, 0.25) is 0 Å². The Labute approximate surface area is 184 Å². The van der Waals surface area contributed by atoms with Gasteiger partial charge in [-0.1, -0.05) is 73.5 Å². The van der Waals surface area contributed by atoms with Crippen molar-refractivity contribution >= 4 is 46.9 Å². The van der Waals surface area contributed by atoms with Crippen LogP contribution in [-0.4, -0.2) is 36.7 Å². The standard InChI is InChI=1S/C20H24Cl2O6S/c21-13-15(19(27-17(13)23)25-11-7-3-1-4-8-11)29-16-14(22)18(24)28-20(16)26-12-9-5-2-6-10-12/h11-12,19-20H,1-10H2. The van der Waals surface area contributed by atoms with Crippen LogP contribution in [0.3, 0.4) is 0 Å². The Kier molecular flexibility index (Phi) is 7.12. The Morgan fingerprint density at radius 3 is 1.45 bits per heavy atom. The van der Waals surface area contributed by atoms with Gasteiger partial charge in [-0.25, -0.2) is 9.59 Å². The highest BCUT2D eigenvalue weighted by molar-refractivity contribution is 8.07. The van der Waals surface area contributed by atoms with Crippen molar-refractivity contribution in [3.63, 3.8) is 0 Å². The maximum Gasteiger partial charge on any atom is 0.353 e. The first-order valence-corrected chi connectivity index (χ1v) is 11.8. The van der Waals surface area contributed by atoms with Crippen LogP contribution in [0.15, 0.2) is 19.9 Å². The Morgan fingerprint density at radius 2 is 1.07 bits per heavy atom. The van der Waals surface area contributed by atoms with Gasteiger partial charge in [0.25, 0.3) is 0 Å². The van der Waals surface area contributed by atoms with Gasteiger partial charge in [-0.2, -0.15) is 0 Å². The van der Waals surface area contributed by atoms with Gasteiger partial charge in [0, 0.05) is 0 Å². The molecule has 0 aromatic rings. The number of rotatable bonds is 6. The second-order valence-electron chi connectivity index (χ2n) is 7.73. The number of ether oxygens (including phenoxy) is 4. The average molecular weight is 463 g/mol. The van der Waals surface area contributed by atoms with Gasteiger partial charge in [0.05, 0.1) is 22.0 Å². The van der Waals surface area contributed by atoms with Gasteiger partial charge in [-0.15, -0.1) is 0 Å². The zero-order valence-corrected chi connectivity index (χ0v) is 18.3. The van der Waals surface area contributed by atoms with Crippen LogP contribution in [0, 0.1) is 0 Å². The van der Waals surface area contributed by atoms with Crippen LogP contribution in [0.5, 0.6) is 0 Å². The van der Waals surface area contributed by atoms with Crippen molar-refractivity contribution in [2.24, 2.45) is 0 Å². The molecule has 2 atom stereocenters. The summed E-state index contributed by atoms with van der Waals surface area (Å²) in [6.45, 7) is 0. The number of carbonyl (C=O) groups is 2. The van der Waals surface area contributed by atoms with Gasteiger partial charge in [0.15, 0.2) is 0 Å². The van der Waals surface area contributed by atoms with E-state index in [9.17, 15) is 9.59 Å². The number of hydrogen-bond donors (Lipinski definition) is 0. The molecule has 160 valence electrons. The van der Waals surface area contributed by atoms with Gasteiger partial charge in [0.2, 0.25) is 12.6 Å². The molecule has 6 nitrogen and oxygen atoms in total. The summed E-state index contributed by atoms with van der Waals surface area (Å²) in [4.78, 5) is 24.9. The summed E-state index contributed by atoms with van der Waals surface area (Å²) in [5.41, 5.74) is 0. The first-order valence-electron chi connectivity index (χ1n) is 10.2. The molecule has 2 heterocycles. The summed E-state index contributed by atoms with van der Waals surface area (Å²) in [6, 6.07) is 0. The molecule has 2 fully saturated rings. The molecule has 0 spiro atoms. The fourth-order valence-corrected chi connectivity index (χ4v) is 5.53. The second-order valence-corrected chi connectivity index (χ2v) is 9.56. The highest BCUT2D eigenvalue weighted by Gasteiger charge is 2.42. The highest BCUT2D eigenvalue weighted by atomic mass is 35.5. The quantitative estimate of drug-likeness (QED) is 0.509. The van der Waals surface area contributed by atoms with Crippen molar-refractivity contribution in [1.29, 1.82) is 0 Å². The third kappa shape index (κ3) is 4.96. The molecule has 0 N–H and O–H groups in total. The molecule has 0 saturated heterocycles. The number of cyclic esters (lactones) is 2.